The van der Waals surface area contributed by atoms with Crippen molar-refractivity contribution in [2.75, 3.05) is 4.81 Å². The van der Waals surface area contributed by atoms with Crippen molar-refractivity contribution in [3.8, 4) is 27.9 Å². The van der Waals surface area contributed by atoms with Crippen molar-refractivity contribution in [2.24, 2.45) is 0 Å². The topological polar surface area (TPSA) is 21.3 Å². The second-order valence-electron chi connectivity index (χ2n) is 12.5. The average Bonchev–Trinajstić information content (AvgIpc) is 3.64. The van der Waals surface area contributed by atoms with Gasteiger partial charge in [-0.15, -0.1) is 0 Å². The molecule has 4 heterocycles. The largest absolute Gasteiger partial charge is 0.456 e. The lowest BCUT2D eigenvalue weighted by Crippen LogP contribution is -2.59. The van der Waals surface area contributed by atoms with Crippen LogP contribution < -0.4 is 15.7 Å². The van der Waals surface area contributed by atoms with Crippen molar-refractivity contribution in [1.29, 1.82) is 0 Å². The molecule has 2 aliphatic rings. The van der Waals surface area contributed by atoms with Gasteiger partial charge in [-0.1, -0.05) is 103 Å². The Labute approximate surface area is 265 Å². The molecule has 46 heavy (non-hydrogen) atoms. The Hall–Kier alpha value is -6.00. The molecule has 3 nitrogen and oxygen atoms in total. The third kappa shape index (κ3) is 3.08. The number of hydrogen-bond acceptors (Lipinski definition) is 2. The summed E-state index contributed by atoms with van der Waals surface area (Å²) >= 11 is 0. The number of para-hydroxylation sites is 4. The van der Waals surface area contributed by atoms with Gasteiger partial charge in [0.25, 0.3) is 0 Å². The summed E-state index contributed by atoms with van der Waals surface area (Å²) in [5.41, 5.74) is 15.5. The van der Waals surface area contributed by atoms with Gasteiger partial charge in [0.1, 0.15) is 11.2 Å². The Morgan fingerprint density at radius 3 is 1.87 bits per heavy atom. The first-order valence-electron chi connectivity index (χ1n) is 15.9. The third-order valence-electron chi connectivity index (χ3n) is 10.2. The molecule has 0 amide bonds. The van der Waals surface area contributed by atoms with Crippen LogP contribution in [-0.4, -0.2) is 11.4 Å². The molecule has 9 aromatic rings. The number of fused-ring (bicyclic) bond motifs is 17. The SMILES string of the molecule is c1ccc(-n2c3ccccc3c3cc4c(cc32)oc2cc3c(cc24)B2c4ccccc4-c4ccccc4N2c2ccccc2-3)cc1. The van der Waals surface area contributed by atoms with Crippen molar-refractivity contribution in [3.05, 3.63) is 152 Å². The fraction of sp³-hybridized carbons (Fsp3) is 0. The summed E-state index contributed by atoms with van der Waals surface area (Å²) in [6, 6.07) is 55.2. The molecule has 2 aromatic heterocycles. The summed E-state index contributed by atoms with van der Waals surface area (Å²) in [6.07, 6.45) is 0. The predicted molar refractivity (Wildman–Crippen MR) is 193 cm³/mol. The van der Waals surface area contributed by atoms with Gasteiger partial charge in [-0.25, -0.2) is 0 Å². The molecule has 0 atom stereocenters. The van der Waals surface area contributed by atoms with Gasteiger partial charge < -0.3 is 13.8 Å². The summed E-state index contributed by atoms with van der Waals surface area (Å²) in [4.78, 5) is 2.55. The fourth-order valence-electron chi connectivity index (χ4n) is 8.27. The predicted octanol–water partition coefficient (Wildman–Crippen LogP) is 9.59. The van der Waals surface area contributed by atoms with Gasteiger partial charge in [0.05, 0.1) is 11.0 Å². The molecule has 0 saturated heterocycles. The number of nitrogens with zero attached hydrogens (tertiary/aromatic N) is 2. The zero-order valence-corrected chi connectivity index (χ0v) is 24.8. The Morgan fingerprint density at radius 2 is 1.04 bits per heavy atom. The van der Waals surface area contributed by atoms with E-state index in [9.17, 15) is 0 Å². The van der Waals surface area contributed by atoms with Crippen molar-refractivity contribution < 1.29 is 4.42 Å². The average molecular weight is 584 g/mol. The lowest BCUT2D eigenvalue weighted by atomic mass is 9.43. The molecule has 0 radical (unpaired) electrons. The summed E-state index contributed by atoms with van der Waals surface area (Å²) in [7, 11) is 0. The summed E-state index contributed by atoms with van der Waals surface area (Å²) in [5.74, 6) is 0. The highest BCUT2D eigenvalue weighted by Gasteiger charge is 2.42. The lowest BCUT2D eigenvalue weighted by molar-refractivity contribution is 0.669. The van der Waals surface area contributed by atoms with Gasteiger partial charge in [-0.2, -0.15) is 0 Å². The van der Waals surface area contributed by atoms with E-state index >= 15 is 0 Å². The number of aromatic nitrogens is 1. The van der Waals surface area contributed by atoms with Gasteiger partial charge in [-0.3, -0.25) is 0 Å². The van der Waals surface area contributed by atoms with E-state index in [0.29, 0.717) is 0 Å². The van der Waals surface area contributed by atoms with Gasteiger partial charge >= 0.3 is 6.85 Å². The maximum atomic E-state index is 6.76. The minimum atomic E-state index is 0.0501. The number of furan rings is 1. The Kier molecular flexibility index (Phi) is 4.66. The molecule has 4 heteroatoms. The van der Waals surface area contributed by atoms with Crippen LogP contribution in [0.5, 0.6) is 0 Å². The highest BCUT2D eigenvalue weighted by Crippen LogP contribution is 2.47. The molecule has 11 rings (SSSR count). The molecular formula is C42H25BN2O. The smallest absolute Gasteiger partial charge is 0.329 e. The van der Waals surface area contributed by atoms with E-state index < -0.39 is 0 Å². The van der Waals surface area contributed by atoms with Crippen LogP contribution in [-0.2, 0) is 0 Å². The number of hydrogen-bond donors (Lipinski definition) is 0. The first-order valence-corrected chi connectivity index (χ1v) is 15.9. The standard InChI is InChI=1S/C42H25BN2O/c1-2-12-26(13-3-1)44-37-19-9-5-17-30(37)32-22-33-34-23-36-31(24-41(34)46-42(33)25-40(32)44)29-16-7-11-21-39(29)45-38-20-10-6-15-28(38)27-14-4-8-18-35(27)43(36)45/h1-25H. The normalized spacial score (nSPS) is 13.1. The molecule has 0 saturated carbocycles. The zero-order chi connectivity index (χ0) is 29.9. The molecule has 0 fully saturated rings. The van der Waals surface area contributed by atoms with Crippen molar-refractivity contribution >= 4 is 72.9 Å². The molecular weight excluding hydrogens is 559 g/mol. The van der Waals surface area contributed by atoms with Crippen LogP contribution in [0.15, 0.2) is 156 Å². The molecule has 0 spiro atoms. The van der Waals surface area contributed by atoms with E-state index in [-0.39, 0.29) is 6.85 Å². The molecule has 0 N–H and O–H groups in total. The maximum Gasteiger partial charge on any atom is 0.329 e. The van der Waals surface area contributed by atoms with E-state index in [2.05, 4.69) is 161 Å². The third-order valence-corrected chi connectivity index (χ3v) is 10.2. The molecule has 7 aromatic carbocycles. The minimum absolute atomic E-state index is 0.0501. The van der Waals surface area contributed by atoms with E-state index in [4.69, 9.17) is 4.42 Å². The van der Waals surface area contributed by atoms with Crippen LogP contribution in [0.1, 0.15) is 0 Å². The Morgan fingerprint density at radius 1 is 0.413 bits per heavy atom. The van der Waals surface area contributed by atoms with Crippen molar-refractivity contribution in [2.45, 2.75) is 0 Å². The van der Waals surface area contributed by atoms with Crippen LogP contribution >= 0.6 is 0 Å². The van der Waals surface area contributed by atoms with Gasteiger partial charge in [-0.05, 0) is 64.5 Å². The van der Waals surface area contributed by atoms with E-state index in [1.165, 1.54) is 60.8 Å². The van der Waals surface area contributed by atoms with Gasteiger partial charge in [0, 0.05) is 55.8 Å². The van der Waals surface area contributed by atoms with Crippen LogP contribution in [0, 0.1) is 0 Å². The number of rotatable bonds is 1. The Balaban J connectivity index is 1.23. The molecule has 0 bridgehead atoms. The first-order chi connectivity index (χ1) is 22.8. The van der Waals surface area contributed by atoms with E-state index in [0.717, 1.165) is 33.1 Å². The summed E-state index contributed by atoms with van der Waals surface area (Å²) < 4.78 is 9.12. The maximum absolute atomic E-state index is 6.76. The zero-order valence-electron chi connectivity index (χ0n) is 24.8. The Bertz CT molecular complexity index is 2720. The van der Waals surface area contributed by atoms with E-state index in [1.807, 2.05) is 0 Å². The van der Waals surface area contributed by atoms with Gasteiger partial charge in [0.2, 0.25) is 0 Å². The quantitative estimate of drug-likeness (QED) is 0.179. The first kappa shape index (κ1) is 24.3. The van der Waals surface area contributed by atoms with Crippen LogP contribution in [0.2, 0.25) is 0 Å². The fourth-order valence-corrected chi connectivity index (χ4v) is 8.27. The molecule has 0 aliphatic carbocycles. The molecule has 212 valence electrons. The summed E-state index contributed by atoms with van der Waals surface area (Å²) in [6.45, 7) is 0.0501. The van der Waals surface area contributed by atoms with Crippen LogP contribution in [0.25, 0.3) is 71.7 Å². The van der Waals surface area contributed by atoms with Crippen molar-refractivity contribution in [1.82, 2.24) is 4.57 Å². The second kappa shape index (κ2) is 8.80. The molecule has 0 unspecified atom stereocenters. The molecule has 2 aliphatic heterocycles. The highest BCUT2D eigenvalue weighted by atomic mass is 16.3. The van der Waals surface area contributed by atoms with Crippen LogP contribution in [0.3, 0.4) is 0 Å². The van der Waals surface area contributed by atoms with Crippen molar-refractivity contribution in [3.63, 3.8) is 0 Å². The summed E-state index contributed by atoms with van der Waals surface area (Å²) in [5, 5.41) is 4.78. The lowest BCUT2D eigenvalue weighted by Gasteiger charge is -2.43. The second-order valence-corrected chi connectivity index (χ2v) is 12.5. The van der Waals surface area contributed by atoms with Crippen LogP contribution in [0.4, 0.5) is 11.4 Å². The highest BCUT2D eigenvalue weighted by molar-refractivity contribution is 6.92. The monoisotopic (exact) mass is 584 g/mol. The number of anilines is 2. The minimum Gasteiger partial charge on any atom is -0.456 e. The van der Waals surface area contributed by atoms with E-state index in [1.54, 1.807) is 0 Å². The number of benzene rings is 7. The van der Waals surface area contributed by atoms with Gasteiger partial charge in [0.15, 0.2) is 0 Å².